The standard InChI is InChI=1S/C23H22F2N4O4/c1-29-18-9-16(6-7-19(18)33-22(29)31)15-4-2-14(3-5-15)8-17(10-26)28-21(30)20-11-27-12-23(24,25)13-32-20/h2-7,9,17,20,27H,8,11-13H2,1H3,(H,28,30)/t17-,20?/m0/s1. The van der Waals surface area contributed by atoms with E-state index in [4.69, 9.17) is 9.15 Å². The Morgan fingerprint density at radius 2 is 2.03 bits per heavy atom. The van der Waals surface area contributed by atoms with E-state index in [0.29, 0.717) is 11.1 Å². The highest BCUT2D eigenvalue weighted by Gasteiger charge is 2.35. The zero-order chi connectivity index (χ0) is 23.6. The summed E-state index contributed by atoms with van der Waals surface area (Å²) in [5.74, 6) is -4.08. The molecular weight excluding hydrogens is 434 g/mol. The van der Waals surface area contributed by atoms with E-state index in [1.54, 1.807) is 13.1 Å². The minimum Gasteiger partial charge on any atom is -0.408 e. The summed E-state index contributed by atoms with van der Waals surface area (Å²) in [6, 6.07) is 14.1. The van der Waals surface area contributed by atoms with Crippen LogP contribution < -0.4 is 16.4 Å². The summed E-state index contributed by atoms with van der Waals surface area (Å²) in [7, 11) is 1.64. The van der Waals surface area contributed by atoms with Crippen LogP contribution in [0.1, 0.15) is 5.56 Å². The van der Waals surface area contributed by atoms with Gasteiger partial charge in [-0.05, 0) is 28.8 Å². The summed E-state index contributed by atoms with van der Waals surface area (Å²) in [6.45, 7) is -1.47. The smallest absolute Gasteiger partial charge is 0.408 e. The van der Waals surface area contributed by atoms with E-state index in [1.807, 2.05) is 42.5 Å². The minimum absolute atomic E-state index is 0.0547. The second kappa shape index (κ2) is 9.13. The second-order valence-corrected chi connectivity index (χ2v) is 7.99. The van der Waals surface area contributed by atoms with Crippen LogP contribution in [-0.2, 0) is 23.0 Å². The third-order valence-corrected chi connectivity index (χ3v) is 5.49. The average Bonchev–Trinajstić information content (AvgIpc) is 2.95. The molecule has 1 amide bonds. The highest BCUT2D eigenvalue weighted by atomic mass is 19.3. The third-order valence-electron chi connectivity index (χ3n) is 5.49. The highest BCUT2D eigenvalue weighted by Crippen LogP contribution is 2.24. The normalized spacial score (nSPS) is 18.9. The maximum absolute atomic E-state index is 13.4. The quantitative estimate of drug-likeness (QED) is 0.608. The Labute approximate surface area is 187 Å². The molecule has 1 aliphatic rings. The number of hydrogen-bond donors (Lipinski definition) is 2. The number of rotatable bonds is 5. The number of nitrogens with one attached hydrogen (secondary N) is 2. The molecule has 1 aliphatic heterocycles. The Bertz CT molecular complexity index is 1260. The highest BCUT2D eigenvalue weighted by molar-refractivity contribution is 5.82. The lowest BCUT2D eigenvalue weighted by molar-refractivity contribution is -0.137. The van der Waals surface area contributed by atoms with Crippen molar-refractivity contribution >= 4 is 17.0 Å². The van der Waals surface area contributed by atoms with E-state index in [-0.39, 0.29) is 13.0 Å². The molecule has 172 valence electrons. The molecule has 2 N–H and O–H groups in total. The number of oxazole rings is 1. The molecule has 2 heterocycles. The van der Waals surface area contributed by atoms with Crippen LogP contribution >= 0.6 is 0 Å². The van der Waals surface area contributed by atoms with Crippen LogP contribution in [0.15, 0.2) is 51.7 Å². The first-order valence-corrected chi connectivity index (χ1v) is 10.3. The number of alkyl halides is 2. The SMILES string of the molecule is Cn1c(=O)oc2ccc(-c3ccc(C[C@@H](C#N)NC(=O)C4CNCC(F)(F)CO4)cc3)cc21. The number of ether oxygens (including phenoxy) is 1. The van der Waals surface area contributed by atoms with E-state index >= 15 is 0 Å². The molecule has 8 nitrogen and oxygen atoms in total. The van der Waals surface area contributed by atoms with Crippen molar-refractivity contribution in [1.29, 1.82) is 5.26 Å². The summed E-state index contributed by atoms with van der Waals surface area (Å²) in [4.78, 5) is 24.1. The molecule has 1 fully saturated rings. The number of carbonyl (C=O) groups is 1. The molecule has 1 aromatic heterocycles. The van der Waals surface area contributed by atoms with E-state index in [2.05, 4.69) is 10.6 Å². The largest absolute Gasteiger partial charge is 0.419 e. The Balaban J connectivity index is 1.41. The maximum atomic E-state index is 13.4. The number of fused-ring (bicyclic) bond motifs is 1. The van der Waals surface area contributed by atoms with Gasteiger partial charge < -0.3 is 19.8 Å². The fourth-order valence-corrected chi connectivity index (χ4v) is 3.66. The lowest BCUT2D eigenvalue weighted by atomic mass is 10.0. The van der Waals surface area contributed by atoms with Gasteiger partial charge in [-0.25, -0.2) is 13.6 Å². The number of nitrogens with zero attached hydrogens (tertiary/aromatic N) is 2. The average molecular weight is 456 g/mol. The molecule has 0 spiro atoms. The van der Waals surface area contributed by atoms with E-state index < -0.39 is 42.9 Å². The molecule has 2 atom stereocenters. The Kier molecular flexibility index (Phi) is 6.26. The van der Waals surface area contributed by atoms with Gasteiger partial charge in [0.2, 0.25) is 0 Å². The van der Waals surface area contributed by atoms with Gasteiger partial charge in [0.15, 0.2) is 5.58 Å². The summed E-state index contributed by atoms with van der Waals surface area (Å²) in [6.07, 6.45) is -0.848. The number of aromatic nitrogens is 1. The van der Waals surface area contributed by atoms with Crippen LogP contribution in [0, 0.1) is 11.3 Å². The van der Waals surface area contributed by atoms with Crippen LogP contribution in [0.25, 0.3) is 22.2 Å². The molecule has 0 aliphatic carbocycles. The van der Waals surface area contributed by atoms with Crippen molar-refractivity contribution in [3.05, 3.63) is 58.6 Å². The Morgan fingerprint density at radius 1 is 1.30 bits per heavy atom. The number of benzene rings is 2. The monoisotopic (exact) mass is 456 g/mol. The summed E-state index contributed by atoms with van der Waals surface area (Å²) in [5.41, 5.74) is 3.80. The predicted octanol–water partition coefficient (Wildman–Crippen LogP) is 1.97. The molecule has 0 bridgehead atoms. The van der Waals surface area contributed by atoms with Crippen molar-refractivity contribution in [2.24, 2.45) is 7.05 Å². The fourth-order valence-electron chi connectivity index (χ4n) is 3.66. The molecule has 2 aromatic carbocycles. The van der Waals surface area contributed by atoms with Gasteiger partial charge in [0.25, 0.3) is 11.8 Å². The minimum atomic E-state index is -3.04. The number of aryl methyl sites for hydroxylation is 1. The number of halogens is 2. The number of hydrogen-bond acceptors (Lipinski definition) is 6. The van der Waals surface area contributed by atoms with Gasteiger partial charge >= 0.3 is 5.76 Å². The van der Waals surface area contributed by atoms with Gasteiger partial charge in [-0.3, -0.25) is 9.36 Å². The first kappa shape index (κ1) is 22.6. The molecular formula is C23H22F2N4O4. The molecule has 3 aromatic rings. The van der Waals surface area contributed by atoms with Crippen LogP contribution in [0.2, 0.25) is 0 Å². The van der Waals surface area contributed by atoms with Gasteiger partial charge in [0.05, 0.1) is 18.1 Å². The molecule has 0 saturated carbocycles. The molecule has 0 radical (unpaired) electrons. The van der Waals surface area contributed by atoms with Crippen molar-refractivity contribution in [2.45, 2.75) is 24.5 Å². The van der Waals surface area contributed by atoms with Crippen molar-refractivity contribution in [3.63, 3.8) is 0 Å². The van der Waals surface area contributed by atoms with Crippen molar-refractivity contribution in [3.8, 4) is 17.2 Å². The molecule has 33 heavy (non-hydrogen) atoms. The van der Waals surface area contributed by atoms with Crippen LogP contribution in [-0.4, -0.2) is 48.2 Å². The first-order chi connectivity index (χ1) is 15.8. The van der Waals surface area contributed by atoms with Crippen molar-refractivity contribution < 1.29 is 22.7 Å². The Morgan fingerprint density at radius 3 is 2.76 bits per heavy atom. The van der Waals surface area contributed by atoms with Crippen LogP contribution in [0.5, 0.6) is 0 Å². The van der Waals surface area contributed by atoms with Gasteiger partial charge in [-0.2, -0.15) is 5.26 Å². The lowest BCUT2D eigenvalue weighted by Gasteiger charge is -2.18. The summed E-state index contributed by atoms with van der Waals surface area (Å²) < 4.78 is 38.4. The predicted molar refractivity (Wildman–Crippen MR) is 116 cm³/mol. The molecule has 10 heteroatoms. The topological polar surface area (TPSA) is 109 Å². The first-order valence-electron chi connectivity index (χ1n) is 10.3. The summed E-state index contributed by atoms with van der Waals surface area (Å²) in [5, 5.41) is 14.5. The van der Waals surface area contributed by atoms with Crippen molar-refractivity contribution in [1.82, 2.24) is 15.2 Å². The second-order valence-electron chi connectivity index (χ2n) is 7.99. The fraction of sp³-hybridized carbons (Fsp3) is 0.348. The van der Waals surface area contributed by atoms with E-state index in [1.165, 1.54) is 4.57 Å². The maximum Gasteiger partial charge on any atom is 0.419 e. The van der Waals surface area contributed by atoms with Gasteiger partial charge in [-0.1, -0.05) is 30.3 Å². The van der Waals surface area contributed by atoms with Crippen molar-refractivity contribution in [2.75, 3.05) is 19.7 Å². The van der Waals surface area contributed by atoms with Gasteiger partial charge in [0, 0.05) is 20.0 Å². The zero-order valence-corrected chi connectivity index (χ0v) is 17.8. The van der Waals surface area contributed by atoms with Gasteiger partial charge in [-0.15, -0.1) is 0 Å². The molecule has 1 saturated heterocycles. The number of carbonyl (C=O) groups excluding carboxylic acids is 1. The van der Waals surface area contributed by atoms with E-state index in [9.17, 15) is 23.6 Å². The lowest BCUT2D eigenvalue weighted by Crippen LogP contribution is -2.46. The summed E-state index contributed by atoms with van der Waals surface area (Å²) >= 11 is 0. The third kappa shape index (κ3) is 5.10. The van der Waals surface area contributed by atoms with Crippen LogP contribution in [0.3, 0.4) is 0 Å². The number of nitriles is 1. The Hall–Kier alpha value is -3.55. The molecule has 4 rings (SSSR count). The zero-order valence-electron chi connectivity index (χ0n) is 17.8. The number of amides is 1. The van der Waals surface area contributed by atoms with E-state index in [0.717, 1.165) is 16.7 Å². The van der Waals surface area contributed by atoms with Crippen LogP contribution in [0.4, 0.5) is 8.78 Å². The van der Waals surface area contributed by atoms with Gasteiger partial charge in [0.1, 0.15) is 18.8 Å². The molecule has 1 unspecified atom stereocenters.